The molecule has 1 aromatic rings. The number of halogens is 5. The number of amidine groups is 1. The monoisotopic (exact) mass is 482 g/mol. The van der Waals surface area contributed by atoms with E-state index in [0.717, 1.165) is 29.1 Å². The lowest BCUT2D eigenvalue weighted by Crippen LogP contribution is -2.49. The Labute approximate surface area is 188 Å². The summed E-state index contributed by atoms with van der Waals surface area (Å²) in [5, 5.41) is -1.10. The number of imide groups is 1. The fraction of sp³-hybridized carbons (Fsp3) is 0.500. The van der Waals surface area contributed by atoms with Gasteiger partial charge in [0.25, 0.3) is 5.91 Å². The molecule has 0 bridgehead atoms. The van der Waals surface area contributed by atoms with Gasteiger partial charge in [0.2, 0.25) is 9.63 Å². The highest BCUT2D eigenvalue weighted by atomic mass is 35.6. The maximum Gasteiger partial charge on any atom is 0.337 e. The molecule has 2 fully saturated rings. The molecule has 29 heavy (non-hydrogen) atoms. The third-order valence-corrected chi connectivity index (χ3v) is 6.47. The van der Waals surface area contributed by atoms with E-state index in [2.05, 4.69) is 4.99 Å². The minimum absolute atomic E-state index is 0.0913. The summed E-state index contributed by atoms with van der Waals surface area (Å²) < 4.78 is 12.5. The Morgan fingerprint density at radius 2 is 1.72 bits per heavy atom. The first-order valence-electron chi connectivity index (χ1n) is 9.02. The van der Waals surface area contributed by atoms with Crippen LogP contribution >= 0.6 is 46.4 Å². The summed E-state index contributed by atoms with van der Waals surface area (Å²) in [6.07, 6.45) is 1.95. The van der Waals surface area contributed by atoms with E-state index in [9.17, 15) is 14.0 Å². The van der Waals surface area contributed by atoms with E-state index in [1.54, 1.807) is 6.07 Å². The van der Waals surface area contributed by atoms with Crippen molar-refractivity contribution in [2.24, 2.45) is 4.99 Å². The van der Waals surface area contributed by atoms with Crippen molar-refractivity contribution in [1.82, 2.24) is 9.80 Å². The van der Waals surface area contributed by atoms with Crippen LogP contribution in [0.4, 0.5) is 14.9 Å². The van der Waals surface area contributed by atoms with Gasteiger partial charge in [-0.3, -0.25) is 14.6 Å². The highest BCUT2D eigenvalue weighted by molar-refractivity contribution is 6.70. The van der Waals surface area contributed by atoms with Crippen molar-refractivity contribution in [2.75, 3.05) is 25.0 Å². The molecule has 1 aromatic carbocycles. The Hall–Kier alpha value is -1.12. The number of nitrogens with zero attached hydrogens (tertiary/aromatic N) is 4. The Kier molecular flexibility index (Phi) is 6.95. The van der Waals surface area contributed by atoms with E-state index in [1.165, 1.54) is 25.2 Å². The number of rotatable bonds is 4. The molecule has 0 aromatic heterocycles. The van der Waals surface area contributed by atoms with Crippen LogP contribution in [0.3, 0.4) is 0 Å². The average Bonchev–Trinajstić information content (AvgIpc) is 2.89. The number of carbonyl (C=O) groups is 2. The van der Waals surface area contributed by atoms with Gasteiger partial charge < -0.3 is 0 Å². The zero-order valence-corrected chi connectivity index (χ0v) is 18.5. The number of likely N-dealkylation sites (N-methyl/N-ethyl adjacent to an activating group) is 1. The third kappa shape index (κ3) is 4.64. The second kappa shape index (κ2) is 8.94. The highest BCUT2D eigenvalue weighted by Gasteiger charge is 2.46. The number of likely N-dealkylation sites (tertiary alicyclic amines) is 1. The molecule has 3 rings (SSSR count). The topological polar surface area (TPSA) is 56.2 Å². The van der Waals surface area contributed by atoms with Gasteiger partial charge in [0.15, 0.2) is 0 Å². The number of hydrogen-bond acceptors (Lipinski definition) is 4. The first-order valence-corrected chi connectivity index (χ1v) is 10.6. The number of benzene rings is 1. The molecule has 2 saturated heterocycles. The van der Waals surface area contributed by atoms with Gasteiger partial charge in [0.1, 0.15) is 17.4 Å². The molecule has 0 N–H and O–H groups in total. The van der Waals surface area contributed by atoms with Crippen molar-refractivity contribution in [3.63, 3.8) is 0 Å². The minimum Gasteiger partial charge on any atom is -0.280 e. The number of piperidine rings is 1. The zero-order chi connectivity index (χ0) is 21.3. The van der Waals surface area contributed by atoms with Crippen LogP contribution in [-0.2, 0) is 4.79 Å². The van der Waals surface area contributed by atoms with Crippen molar-refractivity contribution in [2.45, 2.75) is 34.6 Å². The summed E-state index contributed by atoms with van der Waals surface area (Å²) in [5.74, 6) is -1.62. The van der Waals surface area contributed by atoms with Gasteiger partial charge in [0, 0.05) is 20.1 Å². The number of amides is 3. The zero-order valence-electron chi connectivity index (χ0n) is 15.5. The second-order valence-corrected chi connectivity index (χ2v) is 9.68. The van der Waals surface area contributed by atoms with Gasteiger partial charge in [0.05, 0.1) is 5.69 Å². The Morgan fingerprint density at radius 1 is 1.10 bits per heavy atom. The molecule has 3 amide bonds. The normalized spacial score (nSPS) is 22.5. The van der Waals surface area contributed by atoms with Crippen molar-refractivity contribution < 1.29 is 14.0 Å². The number of hydrogen-bond donors (Lipinski definition) is 0. The molecular weight excluding hydrogens is 465 g/mol. The Bertz CT molecular complexity index is 826. The number of urea groups is 1. The van der Waals surface area contributed by atoms with Gasteiger partial charge >= 0.3 is 6.03 Å². The highest BCUT2D eigenvalue weighted by Crippen LogP contribution is 2.38. The number of anilines is 1. The van der Waals surface area contributed by atoms with Crippen LogP contribution in [0.5, 0.6) is 0 Å². The summed E-state index contributed by atoms with van der Waals surface area (Å²) in [6, 6.07) is 4.89. The quantitative estimate of drug-likeness (QED) is 0.470. The van der Waals surface area contributed by atoms with E-state index in [4.69, 9.17) is 46.4 Å². The van der Waals surface area contributed by atoms with Crippen LogP contribution in [0.2, 0.25) is 0 Å². The lowest BCUT2D eigenvalue weighted by Gasteiger charge is -2.37. The van der Waals surface area contributed by atoms with E-state index in [-0.39, 0.29) is 11.5 Å². The number of aliphatic imine (C=N–C) groups is 1. The molecule has 2 atom stereocenters. The van der Waals surface area contributed by atoms with Gasteiger partial charge in [-0.15, -0.1) is 11.6 Å². The van der Waals surface area contributed by atoms with Gasteiger partial charge in [-0.1, -0.05) is 53.4 Å². The van der Waals surface area contributed by atoms with E-state index in [1.807, 2.05) is 4.90 Å². The van der Waals surface area contributed by atoms with E-state index in [0.29, 0.717) is 13.1 Å². The first kappa shape index (κ1) is 22.6. The van der Waals surface area contributed by atoms with Crippen LogP contribution in [0.1, 0.15) is 19.3 Å². The standard InChI is InChI=1S/C18H19Cl4FN4O2/c1-25-16(28)15(27(17(25)29)12-8-4-3-7-11(12)23)24-14(13(19)18(20,21)22)26-9-5-2-6-10-26/h3-4,7-8,13-14H,2,5-6,9-10H2,1H3. The van der Waals surface area contributed by atoms with Crippen LogP contribution in [-0.4, -0.2) is 63.0 Å². The van der Waals surface area contributed by atoms with Gasteiger partial charge in [-0.25, -0.2) is 19.1 Å². The van der Waals surface area contributed by atoms with Crippen molar-refractivity contribution >= 4 is 69.9 Å². The maximum atomic E-state index is 14.4. The fourth-order valence-electron chi connectivity index (χ4n) is 3.35. The third-order valence-electron chi connectivity index (χ3n) is 4.87. The molecule has 11 heteroatoms. The molecule has 2 unspecified atom stereocenters. The van der Waals surface area contributed by atoms with Crippen molar-refractivity contribution in [1.29, 1.82) is 0 Å². The molecule has 6 nitrogen and oxygen atoms in total. The SMILES string of the molecule is CN1C(=O)C(=NC(C(Cl)C(Cl)(Cl)Cl)N2CCCCC2)N(c2ccccc2F)C1=O. The molecule has 0 radical (unpaired) electrons. The van der Waals surface area contributed by atoms with Crippen molar-refractivity contribution in [3.05, 3.63) is 30.1 Å². The number of alkyl halides is 4. The largest absolute Gasteiger partial charge is 0.337 e. The molecule has 158 valence electrons. The van der Waals surface area contributed by atoms with Crippen LogP contribution in [0.25, 0.3) is 0 Å². The first-order chi connectivity index (χ1) is 13.6. The predicted octanol–water partition coefficient (Wildman–Crippen LogP) is 4.41. The lowest BCUT2D eigenvalue weighted by molar-refractivity contribution is -0.119. The molecule has 2 aliphatic rings. The van der Waals surface area contributed by atoms with E-state index < -0.39 is 33.1 Å². The van der Waals surface area contributed by atoms with Gasteiger partial charge in [-0.05, 0) is 25.0 Å². The molecule has 2 heterocycles. The number of para-hydroxylation sites is 1. The second-order valence-electron chi connectivity index (χ2n) is 6.84. The maximum absolute atomic E-state index is 14.4. The van der Waals surface area contributed by atoms with Gasteiger partial charge in [-0.2, -0.15) is 0 Å². The molecule has 2 aliphatic heterocycles. The molecule has 0 aliphatic carbocycles. The van der Waals surface area contributed by atoms with E-state index >= 15 is 0 Å². The predicted molar refractivity (Wildman–Crippen MR) is 114 cm³/mol. The average molecular weight is 484 g/mol. The number of carbonyl (C=O) groups excluding carboxylic acids is 2. The van der Waals surface area contributed by atoms with Crippen LogP contribution in [0.15, 0.2) is 29.3 Å². The smallest absolute Gasteiger partial charge is 0.280 e. The molecule has 0 saturated carbocycles. The fourth-order valence-corrected chi connectivity index (χ4v) is 3.90. The van der Waals surface area contributed by atoms with Crippen LogP contribution < -0.4 is 4.90 Å². The summed E-state index contributed by atoms with van der Waals surface area (Å²) in [6.45, 7) is 1.28. The summed E-state index contributed by atoms with van der Waals surface area (Å²) in [5.41, 5.74) is -0.0913. The summed E-state index contributed by atoms with van der Waals surface area (Å²) >= 11 is 24.5. The lowest BCUT2D eigenvalue weighted by atomic mass is 10.1. The Morgan fingerprint density at radius 3 is 2.31 bits per heavy atom. The van der Waals surface area contributed by atoms with Crippen molar-refractivity contribution in [3.8, 4) is 0 Å². The minimum atomic E-state index is -1.87. The Balaban J connectivity index is 2.08. The molecule has 0 spiro atoms. The van der Waals surface area contributed by atoms with Crippen LogP contribution in [0, 0.1) is 5.82 Å². The summed E-state index contributed by atoms with van der Waals surface area (Å²) in [7, 11) is 1.30. The summed E-state index contributed by atoms with van der Waals surface area (Å²) in [4.78, 5) is 33.6. The molecular formula is C18H19Cl4FN4O2.